The van der Waals surface area contributed by atoms with Gasteiger partial charge in [-0.25, -0.2) is 0 Å². The summed E-state index contributed by atoms with van der Waals surface area (Å²) in [6.07, 6.45) is 0. The highest BCUT2D eigenvalue weighted by molar-refractivity contribution is 5.53. The molecule has 2 aromatic carbocycles. The maximum atomic E-state index is 13.4. The van der Waals surface area contributed by atoms with E-state index in [-0.39, 0.29) is 11.4 Å². The maximum Gasteiger partial charge on any atom is 0.346 e. The SMILES string of the molecule is O=[N+]([O-])c1ccccc1Oc1cccc(F)c1[N+](=O)[O-]. The van der Waals surface area contributed by atoms with Crippen molar-refractivity contribution in [1.29, 1.82) is 0 Å². The molecule has 0 saturated heterocycles. The van der Waals surface area contributed by atoms with Crippen LogP contribution in [0.25, 0.3) is 0 Å². The van der Waals surface area contributed by atoms with Crippen molar-refractivity contribution in [1.82, 2.24) is 0 Å². The Morgan fingerprint density at radius 1 is 0.900 bits per heavy atom. The molecule has 102 valence electrons. The number of nitrogens with zero attached hydrogens (tertiary/aromatic N) is 2. The first-order valence-corrected chi connectivity index (χ1v) is 5.35. The van der Waals surface area contributed by atoms with Gasteiger partial charge in [-0.1, -0.05) is 18.2 Å². The van der Waals surface area contributed by atoms with Crippen LogP contribution in [0, 0.1) is 26.0 Å². The third-order valence-corrected chi connectivity index (χ3v) is 2.41. The van der Waals surface area contributed by atoms with Crippen molar-refractivity contribution in [3.8, 4) is 11.5 Å². The van der Waals surface area contributed by atoms with E-state index in [4.69, 9.17) is 4.74 Å². The van der Waals surface area contributed by atoms with E-state index in [2.05, 4.69) is 0 Å². The molecule has 0 radical (unpaired) electrons. The molecular formula is C12H7FN2O5. The molecular weight excluding hydrogens is 271 g/mol. The fourth-order valence-corrected chi connectivity index (χ4v) is 1.57. The Labute approximate surface area is 111 Å². The van der Waals surface area contributed by atoms with Crippen LogP contribution in [-0.2, 0) is 0 Å². The second-order valence-corrected chi connectivity index (χ2v) is 3.67. The van der Waals surface area contributed by atoms with Gasteiger partial charge < -0.3 is 4.74 Å². The Kier molecular flexibility index (Phi) is 3.56. The second kappa shape index (κ2) is 5.31. The minimum Gasteiger partial charge on any atom is -0.443 e. The molecule has 2 aromatic rings. The number of benzene rings is 2. The van der Waals surface area contributed by atoms with Crippen molar-refractivity contribution in [3.05, 3.63) is 68.5 Å². The summed E-state index contributed by atoms with van der Waals surface area (Å²) in [7, 11) is 0. The standard InChI is InChI=1S/C12H7FN2O5/c13-8-4-3-7-11(12(8)15(18)19)20-10-6-2-1-5-9(10)14(16)17/h1-7H. The molecule has 8 heteroatoms. The highest BCUT2D eigenvalue weighted by Crippen LogP contribution is 2.36. The highest BCUT2D eigenvalue weighted by Gasteiger charge is 2.24. The first-order chi connectivity index (χ1) is 9.50. The number of hydrogen-bond acceptors (Lipinski definition) is 5. The predicted octanol–water partition coefficient (Wildman–Crippen LogP) is 3.43. The molecule has 0 spiro atoms. The summed E-state index contributed by atoms with van der Waals surface area (Å²) in [5.41, 5.74) is -1.24. The summed E-state index contributed by atoms with van der Waals surface area (Å²) in [5.74, 6) is -1.68. The summed E-state index contributed by atoms with van der Waals surface area (Å²) in [6.45, 7) is 0. The summed E-state index contributed by atoms with van der Waals surface area (Å²) >= 11 is 0. The first kappa shape index (κ1) is 13.4. The number of nitro benzene ring substituents is 2. The van der Waals surface area contributed by atoms with Gasteiger partial charge in [0.1, 0.15) is 0 Å². The molecule has 0 atom stereocenters. The fourth-order valence-electron chi connectivity index (χ4n) is 1.57. The largest absolute Gasteiger partial charge is 0.443 e. The number of ether oxygens (including phenoxy) is 1. The molecule has 0 aliphatic carbocycles. The summed E-state index contributed by atoms with van der Waals surface area (Å²) in [5, 5.41) is 21.6. The van der Waals surface area contributed by atoms with E-state index in [0.717, 1.165) is 12.1 Å². The number of hydrogen-bond donors (Lipinski definition) is 0. The van der Waals surface area contributed by atoms with Gasteiger partial charge in [-0.05, 0) is 18.2 Å². The van der Waals surface area contributed by atoms with Crippen LogP contribution >= 0.6 is 0 Å². The third kappa shape index (κ3) is 2.53. The van der Waals surface area contributed by atoms with Crippen molar-refractivity contribution >= 4 is 11.4 Å². The lowest BCUT2D eigenvalue weighted by molar-refractivity contribution is -0.389. The van der Waals surface area contributed by atoms with Crippen LogP contribution in [0.5, 0.6) is 11.5 Å². The van der Waals surface area contributed by atoms with Crippen LogP contribution in [-0.4, -0.2) is 9.85 Å². The fraction of sp³-hybridized carbons (Fsp3) is 0. The number of halogens is 1. The van der Waals surface area contributed by atoms with Gasteiger partial charge >= 0.3 is 11.4 Å². The molecule has 0 aromatic heterocycles. The molecule has 0 N–H and O–H groups in total. The normalized spacial score (nSPS) is 10.1. The predicted molar refractivity (Wildman–Crippen MR) is 66.2 cm³/mol. The second-order valence-electron chi connectivity index (χ2n) is 3.67. The van der Waals surface area contributed by atoms with E-state index in [1.165, 1.54) is 30.3 Å². The van der Waals surface area contributed by atoms with E-state index in [9.17, 15) is 24.6 Å². The van der Waals surface area contributed by atoms with Crippen LogP contribution in [0.15, 0.2) is 42.5 Å². The van der Waals surface area contributed by atoms with E-state index < -0.39 is 27.1 Å². The molecule has 0 bridgehead atoms. The maximum absolute atomic E-state index is 13.4. The van der Waals surface area contributed by atoms with E-state index in [1.54, 1.807) is 0 Å². The smallest absolute Gasteiger partial charge is 0.346 e. The Morgan fingerprint density at radius 2 is 1.55 bits per heavy atom. The molecule has 0 amide bonds. The molecule has 20 heavy (non-hydrogen) atoms. The molecule has 2 rings (SSSR count). The highest BCUT2D eigenvalue weighted by atomic mass is 19.1. The van der Waals surface area contributed by atoms with Crippen molar-refractivity contribution in [3.63, 3.8) is 0 Å². The van der Waals surface area contributed by atoms with E-state index >= 15 is 0 Å². The molecule has 0 fully saturated rings. The zero-order valence-corrected chi connectivity index (χ0v) is 9.86. The van der Waals surface area contributed by atoms with Gasteiger partial charge in [-0.15, -0.1) is 0 Å². The van der Waals surface area contributed by atoms with Gasteiger partial charge in [0, 0.05) is 6.07 Å². The summed E-state index contributed by atoms with van der Waals surface area (Å²) < 4.78 is 18.5. The van der Waals surface area contributed by atoms with Crippen LogP contribution in [0.4, 0.5) is 15.8 Å². The minimum absolute atomic E-state index is 0.203. The van der Waals surface area contributed by atoms with Crippen LogP contribution in [0.3, 0.4) is 0 Å². The molecule has 0 heterocycles. The van der Waals surface area contributed by atoms with Crippen LogP contribution in [0.1, 0.15) is 0 Å². The number of nitro groups is 2. The zero-order chi connectivity index (χ0) is 14.7. The lowest BCUT2D eigenvalue weighted by atomic mass is 10.2. The Morgan fingerprint density at radius 3 is 2.20 bits per heavy atom. The van der Waals surface area contributed by atoms with Crippen molar-refractivity contribution in [2.45, 2.75) is 0 Å². The van der Waals surface area contributed by atoms with E-state index in [0.29, 0.717) is 0 Å². The first-order valence-electron chi connectivity index (χ1n) is 5.35. The lowest BCUT2D eigenvalue weighted by Crippen LogP contribution is -1.98. The monoisotopic (exact) mass is 278 g/mol. The van der Waals surface area contributed by atoms with Gasteiger partial charge in [0.15, 0.2) is 0 Å². The number of rotatable bonds is 4. The van der Waals surface area contributed by atoms with Gasteiger partial charge in [-0.3, -0.25) is 20.2 Å². The van der Waals surface area contributed by atoms with Crippen molar-refractivity contribution in [2.75, 3.05) is 0 Å². The average molecular weight is 278 g/mol. The van der Waals surface area contributed by atoms with Gasteiger partial charge in [0.05, 0.1) is 9.85 Å². The Bertz CT molecular complexity index is 689. The van der Waals surface area contributed by atoms with Gasteiger partial charge in [0.2, 0.25) is 17.3 Å². The zero-order valence-electron chi connectivity index (χ0n) is 9.86. The third-order valence-electron chi connectivity index (χ3n) is 2.41. The Balaban J connectivity index is 2.49. The lowest BCUT2D eigenvalue weighted by Gasteiger charge is -2.06. The minimum atomic E-state index is -1.08. The molecule has 0 aliphatic heterocycles. The quantitative estimate of drug-likeness (QED) is 0.630. The molecule has 0 saturated carbocycles. The molecule has 0 unspecified atom stereocenters. The summed E-state index contributed by atoms with van der Waals surface area (Å²) in [6, 6.07) is 8.63. The average Bonchev–Trinajstić information content (AvgIpc) is 2.38. The van der Waals surface area contributed by atoms with Gasteiger partial charge in [0.25, 0.3) is 0 Å². The molecule has 0 aliphatic rings. The van der Waals surface area contributed by atoms with Crippen molar-refractivity contribution in [2.24, 2.45) is 0 Å². The van der Waals surface area contributed by atoms with E-state index in [1.807, 2.05) is 0 Å². The summed E-state index contributed by atoms with van der Waals surface area (Å²) in [4.78, 5) is 20.0. The van der Waals surface area contributed by atoms with Crippen molar-refractivity contribution < 1.29 is 19.0 Å². The topological polar surface area (TPSA) is 95.5 Å². The molecule has 7 nitrogen and oxygen atoms in total. The van der Waals surface area contributed by atoms with Crippen LogP contribution < -0.4 is 4.74 Å². The van der Waals surface area contributed by atoms with Crippen LogP contribution in [0.2, 0.25) is 0 Å². The van der Waals surface area contributed by atoms with Gasteiger partial charge in [-0.2, -0.15) is 4.39 Å². The Hall–Kier alpha value is -3.03. The number of para-hydroxylation sites is 3.